The highest BCUT2D eigenvalue weighted by Crippen LogP contribution is 2.30. The van der Waals surface area contributed by atoms with Crippen LogP contribution in [0.25, 0.3) is 10.9 Å². The van der Waals surface area contributed by atoms with Gasteiger partial charge in [-0.05, 0) is 24.3 Å². The minimum atomic E-state index is -0.139. The molecule has 6 nitrogen and oxygen atoms in total. The van der Waals surface area contributed by atoms with Gasteiger partial charge < -0.3 is 10.1 Å². The average molecular weight is 308 g/mol. The molecule has 4 rings (SSSR count). The monoisotopic (exact) mass is 308 g/mol. The summed E-state index contributed by atoms with van der Waals surface area (Å²) >= 11 is 0. The van der Waals surface area contributed by atoms with E-state index in [2.05, 4.69) is 15.4 Å². The van der Waals surface area contributed by atoms with Crippen LogP contribution in [-0.2, 0) is 7.05 Å². The number of nitrogens with zero attached hydrogens (tertiary/aromatic N) is 3. The van der Waals surface area contributed by atoms with Crippen molar-refractivity contribution in [2.75, 3.05) is 6.61 Å². The number of pyridine rings is 1. The number of ether oxygens (including phenoxy) is 1. The van der Waals surface area contributed by atoms with Crippen molar-refractivity contribution in [3.8, 4) is 5.75 Å². The van der Waals surface area contributed by atoms with E-state index in [9.17, 15) is 4.79 Å². The van der Waals surface area contributed by atoms with Crippen LogP contribution in [0.4, 0.5) is 0 Å². The van der Waals surface area contributed by atoms with Crippen molar-refractivity contribution in [2.45, 2.75) is 12.5 Å². The van der Waals surface area contributed by atoms with E-state index in [1.807, 2.05) is 43.6 Å². The first-order valence-corrected chi connectivity index (χ1v) is 7.53. The number of rotatable bonds is 2. The predicted molar refractivity (Wildman–Crippen MR) is 85.3 cm³/mol. The van der Waals surface area contributed by atoms with E-state index < -0.39 is 0 Å². The molecule has 2 aromatic heterocycles. The summed E-state index contributed by atoms with van der Waals surface area (Å²) in [5.41, 5.74) is 2.22. The Morgan fingerprint density at radius 2 is 2.26 bits per heavy atom. The molecule has 0 fully saturated rings. The molecule has 23 heavy (non-hydrogen) atoms. The summed E-state index contributed by atoms with van der Waals surface area (Å²) in [6, 6.07) is 9.14. The first kappa shape index (κ1) is 13.8. The van der Waals surface area contributed by atoms with Crippen molar-refractivity contribution < 1.29 is 9.53 Å². The summed E-state index contributed by atoms with van der Waals surface area (Å²) in [5.74, 6) is 0.621. The predicted octanol–water partition coefficient (Wildman–Crippen LogP) is 2.22. The molecule has 1 unspecified atom stereocenters. The Labute approximate surface area is 133 Å². The zero-order chi connectivity index (χ0) is 15.8. The Balaban J connectivity index is 1.66. The Hall–Kier alpha value is -2.89. The summed E-state index contributed by atoms with van der Waals surface area (Å²) in [6.07, 6.45) is 4.29. The number of fused-ring (bicyclic) bond motifs is 2. The molecule has 1 N–H and O–H groups in total. The van der Waals surface area contributed by atoms with E-state index in [0.29, 0.717) is 18.6 Å². The second kappa shape index (κ2) is 5.39. The molecule has 6 heteroatoms. The third-order valence-electron chi connectivity index (χ3n) is 4.01. The van der Waals surface area contributed by atoms with Gasteiger partial charge in [-0.15, -0.1) is 0 Å². The molecule has 0 saturated carbocycles. The number of benzene rings is 1. The van der Waals surface area contributed by atoms with Crippen LogP contribution < -0.4 is 10.1 Å². The smallest absolute Gasteiger partial charge is 0.252 e. The molecule has 0 aliphatic carbocycles. The van der Waals surface area contributed by atoms with Gasteiger partial charge in [-0.1, -0.05) is 6.07 Å². The van der Waals surface area contributed by atoms with Gasteiger partial charge in [-0.3, -0.25) is 14.5 Å². The van der Waals surface area contributed by atoms with Crippen molar-refractivity contribution in [3.63, 3.8) is 0 Å². The molecule has 0 radical (unpaired) electrons. The Bertz CT molecular complexity index is 887. The van der Waals surface area contributed by atoms with Gasteiger partial charge in [-0.25, -0.2) is 0 Å². The van der Waals surface area contributed by atoms with Crippen LogP contribution in [0.1, 0.15) is 28.5 Å². The lowest BCUT2D eigenvalue weighted by molar-refractivity contribution is 0.0925. The summed E-state index contributed by atoms with van der Waals surface area (Å²) in [6.45, 7) is 0.570. The van der Waals surface area contributed by atoms with Crippen LogP contribution in [-0.4, -0.2) is 27.3 Å². The highest BCUT2D eigenvalue weighted by molar-refractivity contribution is 6.06. The van der Waals surface area contributed by atoms with Crippen LogP contribution in [0.5, 0.6) is 5.75 Å². The van der Waals surface area contributed by atoms with Crippen molar-refractivity contribution in [3.05, 3.63) is 54.0 Å². The molecular weight excluding hydrogens is 292 g/mol. The molecule has 116 valence electrons. The fraction of sp³-hybridized carbons (Fsp3) is 0.235. The van der Waals surface area contributed by atoms with Gasteiger partial charge in [0.1, 0.15) is 11.4 Å². The number of aromatic nitrogens is 3. The van der Waals surface area contributed by atoms with Crippen LogP contribution in [0.3, 0.4) is 0 Å². The highest BCUT2D eigenvalue weighted by Gasteiger charge is 2.25. The van der Waals surface area contributed by atoms with Crippen LogP contribution in [0, 0.1) is 0 Å². The second-order valence-electron chi connectivity index (χ2n) is 5.59. The van der Waals surface area contributed by atoms with Gasteiger partial charge in [-0.2, -0.15) is 5.10 Å². The standard InChI is InChI=1S/C17H16N4O2/c1-21-10-12-11(4-2-5-13(12)20-21)17(22)19-14-7-9-23-15-6-3-8-18-16(14)15/h2-6,8,10,14H,7,9H2,1H3,(H,19,22). The van der Waals surface area contributed by atoms with Crippen molar-refractivity contribution >= 4 is 16.8 Å². The Kier molecular flexibility index (Phi) is 3.22. The molecule has 1 atom stereocenters. The van der Waals surface area contributed by atoms with E-state index in [4.69, 9.17) is 4.74 Å². The van der Waals surface area contributed by atoms with Gasteiger partial charge in [0.15, 0.2) is 0 Å². The molecule has 3 heterocycles. The van der Waals surface area contributed by atoms with E-state index in [1.165, 1.54) is 0 Å². The van der Waals surface area contributed by atoms with E-state index in [1.54, 1.807) is 10.9 Å². The first-order chi connectivity index (χ1) is 11.2. The van der Waals surface area contributed by atoms with Gasteiger partial charge in [0.05, 0.1) is 23.7 Å². The van der Waals surface area contributed by atoms with E-state index in [0.717, 1.165) is 22.3 Å². The molecule has 1 amide bonds. The molecule has 0 saturated heterocycles. The van der Waals surface area contributed by atoms with Gasteiger partial charge in [0, 0.05) is 31.2 Å². The summed E-state index contributed by atoms with van der Waals surface area (Å²) in [4.78, 5) is 17.1. The highest BCUT2D eigenvalue weighted by atomic mass is 16.5. The molecule has 1 aromatic carbocycles. The fourth-order valence-electron chi connectivity index (χ4n) is 2.95. The quantitative estimate of drug-likeness (QED) is 0.788. The third kappa shape index (κ3) is 2.42. The average Bonchev–Trinajstić information content (AvgIpc) is 2.95. The maximum atomic E-state index is 12.7. The molecule has 1 aliphatic rings. The molecule has 0 bridgehead atoms. The van der Waals surface area contributed by atoms with Crippen LogP contribution in [0.15, 0.2) is 42.7 Å². The molecular formula is C17H16N4O2. The fourth-order valence-corrected chi connectivity index (χ4v) is 2.95. The minimum absolute atomic E-state index is 0.118. The number of aryl methyl sites for hydroxylation is 1. The number of hydrogen-bond acceptors (Lipinski definition) is 4. The topological polar surface area (TPSA) is 69.0 Å². The largest absolute Gasteiger partial charge is 0.491 e. The zero-order valence-corrected chi connectivity index (χ0v) is 12.7. The van der Waals surface area contributed by atoms with Gasteiger partial charge in [0.25, 0.3) is 5.91 Å². The minimum Gasteiger partial charge on any atom is -0.491 e. The number of hydrogen-bond donors (Lipinski definition) is 1. The lowest BCUT2D eigenvalue weighted by Crippen LogP contribution is -2.32. The zero-order valence-electron chi connectivity index (χ0n) is 12.7. The lowest BCUT2D eigenvalue weighted by Gasteiger charge is -2.25. The maximum absolute atomic E-state index is 12.7. The SMILES string of the molecule is Cn1cc2c(C(=O)NC3CCOc4cccnc43)cccc2n1. The molecule has 3 aromatic rings. The number of carbonyl (C=O) groups excluding carboxylic acids is 1. The number of amides is 1. The van der Waals surface area contributed by atoms with Crippen molar-refractivity contribution in [1.29, 1.82) is 0 Å². The number of carbonyl (C=O) groups is 1. The van der Waals surface area contributed by atoms with Gasteiger partial charge >= 0.3 is 0 Å². The first-order valence-electron chi connectivity index (χ1n) is 7.53. The molecule has 1 aliphatic heterocycles. The van der Waals surface area contributed by atoms with Gasteiger partial charge in [0.2, 0.25) is 0 Å². The van der Waals surface area contributed by atoms with Crippen molar-refractivity contribution in [2.24, 2.45) is 7.05 Å². The number of nitrogens with one attached hydrogen (secondary N) is 1. The van der Waals surface area contributed by atoms with Crippen LogP contribution >= 0.6 is 0 Å². The van der Waals surface area contributed by atoms with E-state index >= 15 is 0 Å². The summed E-state index contributed by atoms with van der Waals surface area (Å²) < 4.78 is 7.30. The third-order valence-corrected chi connectivity index (χ3v) is 4.01. The second-order valence-corrected chi connectivity index (χ2v) is 5.59. The maximum Gasteiger partial charge on any atom is 0.252 e. The Morgan fingerprint density at radius 1 is 1.35 bits per heavy atom. The van der Waals surface area contributed by atoms with Crippen molar-refractivity contribution in [1.82, 2.24) is 20.1 Å². The van der Waals surface area contributed by atoms with E-state index in [-0.39, 0.29) is 11.9 Å². The Morgan fingerprint density at radius 3 is 3.17 bits per heavy atom. The normalized spacial score (nSPS) is 16.7. The van der Waals surface area contributed by atoms with Crippen LogP contribution in [0.2, 0.25) is 0 Å². The lowest BCUT2D eigenvalue weighted by atomic mass is 10.0. The summed E-state index contributed by atoms with van der Waals surface area (Å²) in [5, 5.41) is 8.27. The summed E-state index contributed by atoms with van der Waals surface area (Å²) in [7, 11) is 1.85. The molecule has 0 spiro atoms.